The molecule has 0 saturated carbocycles. The number of aromatic amines is 1. The molecule has 146 valence electrons. The number of aliphatic imine (C=N–C) groups is 1. The smallest absolute Gasteiger partial charge is 0.337 e. The molecule has 3 rings (SSSR count). The van der Waals surface area contributed by atoms with Crippen LogP contribution in [0.5, 0.6) is 0 Å². The molecular formula is C22H26N4O2. The number of hydrogen-bond acceptors (Lipinski definition) is 3. The van der Waals surface area contributed by atoms with Crippen LogP contribution < -0.4 is 10.6 Å². The molecule has 6 nitrogen and oxygen atoms in total. The Morgan fingerprint density at radius 1 is 1.14 bits per heavy atom. The Hall–Kier alpha value is -3.28. The highest BCUT2D eigenvalue weighted by Crippen LogP contribution is 2.19. The zero-order valence-corrected chi connectivity index (χ0v) is 16.5. The Balaban J connectivity index is 1.50. The van der Waals surface area contributed by atoms with Gasteiger partial charge in [0.25, 0.3) is 0 Å². The minimum Gasteiger partial charge on any atom is -0.465 e. The molecular weight excluding hydrogens is 352 g/mol. The van der Waals surface area contributed by atoms with Crippen LogP contribution in [-0.2, 0) is 17.7 Å². The fourth-order valence-electron chi connectivity index (χ4n) is 3.11. The van der Waals surface area contributed by atoms with Crippen LogP contribution in [0, 0.1) is 6.92 Å². The molecule has 0 unspecified atom stereocenters. The summed E-state index contributed by atoms with van der Waals surface area (Å²) in [5.41, 5.74) is 5.32. The Morgan fingerprint density at radius 3 is 2.64 bits per heavy atom. The summed E-state index contributed by atoms with van der Waals surface area (Å²) < 4.78 is 4.71. The number of hydrogen-bond donors (Lipinski definition) is 3. The SMILES string of the molecule is CN=C(NCCc1c[nH]c2cc(C)ccc12)NCc1ccc(C(=O)OC)cc1. The third-order valence-electron chi connectivity index (χ3n) is 4.67. The minimum atomic E-state index is -0.329. The molecule has 0 saturated heterocycles. The number of ether oxygens (including phenoxy) is 1. The zero-order chi connectivity index (χ0) is 19.9. The largest absolute Gasteiger partial charge is 0.465 e. The topological polar surface area (TPSA) is 78.5 Å². The van der Waals surface area contributed by atoms with Gasteiger partial charge in [-0.05, 0) is 48.2 Å². The van der Waals surface area contributed by atoms with E-state index in [0.717, 1.165) is 24.5 Å². The summed E-state index contributed by atoms with van der Waals surface area (Å²) in [6, 6.07) is 13.8. The lowest BCUT2D eigenvalue weighted by atomic mass is 10.1. The molecule has 0 radical (unpaired) electrons. The van der Waals surface area contributed by atoms with Crippen LogP contribution in [0.25, 0.3) is 10.9 Å². The number of nitrogens with one attached hydrogen (secondary N) is 3. The Labute approximate surface area is 165 Å². The van der Waals surface area contributed by atoms with Gasteiger partial charge in [-0.1, -0.05) is 24.3 Å². The summed E-state index contributed by atoms with van der Waals surface area (Å²) >= 11 is 0. The second-order valence-electron chi connectivity index (χ2n) is 6.65. The number of benzene rings is 2. The molecule has 1 heterocycles. The predicted octanol–water partition coefficient (Wildman–Crippen LogP) is 3.17. The first-order valence-corrected chi connectivity index (χ1v) is 9.29. The lowest BCUT2D eigenvalue weighted by molar-refractivity contribution is 0.0600. The van der Waals surface area contributed by atoms with Gasteiger partial charge in [0.2, 0.25) is 0 Å². The maximum atomic E-state index is 11.5. The van der Waals surface area contributed by atoms with Crippen LogP contribution in [0.15, 0.2) is 53.7 Å². The second kappa shape index (κ2) is 9.08. The van der Waals surface area contributed by atoms with Gasteiger partial charge < -0.3 is 20.4 Å². The fraction of sp³-hybridized carbons (Fsp3) is 0.273. The molecule has 0 aliphatic heterocycles. The first-order chi connectivity index (χ1) is 13.6. The number of nitrogens with zero attached hydrogens (tertiary/aromatic N) is 1. The van der Waals surface area contributed by atoms with Crippen molar-refractivity contribution in [3.8, 4) is 0 Å². The normalized spacial score (nSPS) is 11.5. The lowest BCUT2D eigenvalue weighted by Gasteiger charge is -2.12. The van der Waals surface area contributed by atoms with Gasteiger partial charge in [-0.2, -0.15) is 0 Å². The Bertz CT molecular complexity index is 974. The number of H-pyrrole nitrogens is 1. The summed E-state index contributed by atoms with van der Waals surface area (Å²) in [7, 11) is 3.13. The van der Waals surface area contributed by atoms with Crippen LogP contribution in [0.1, 0.15) is 27.0 Å². The maximum Gasteiger partial charge on any atom is 0.337 e. The van der Waals surface area contributed by atoms with Crippen molar-refractivity contribution in [1.29, 1.82) is 0 Å². The van der Waals surface area contributed by atoms with E-state index in [4.69, 9.17) is 4.74 Å². The van der Waals surface area contributed by atoms with Crippen molar-refractivity contribution < 1.29 is 9.53 Å². The molecule has 0 fully saturated rings. The van der Waals surface area contributed by atoms with E-state index in [1.165, 1.54) is 29.1 Å². The standard InChI is InChI=1S/C22H26N4O2/c1-15-4-9-19-18(14-25-20(19)12-15)10-11-24-22(23-2)26-13-16-5-7-17(8-6-16)21(27)28-3/h4-9,12,14,25H,10-11,13H2,1-3H3,(H2,23,24,26). The van der Waals surface area contributed by atoms with Gasteiger partial charge >= 0.3 is 5.97 Å². The molecule has 6 heteroatoms. The van der Waals surface area contributed by atoms with Crippen molar-refractivity contribution in [3.05, 3.63) is 70.9 Å². The van der Waals surface area contributed by atoms with Gasteiger partial charge in [0.05, 0.1) is 12.7 Å². The third-order valence-corrected chi connectivity index (χ3v) is 4.67. The first kappa shape index (κ1) is 19.5. The van der Waals surface area contributed by atoms with Crippen molar-refractivity contribution in [2.45, 2.75) is 19.9 Å². The number of rotatable bonds is 6. The lowest BCUT2D eigenvalue weighted by Crippen LogP contribution is -2.37. The van der Waals surface area contributed by atoms with E-state index < -0.39 is 0 Å². The van der Waals surface area contributed by atoms with Crippen molar-refractivity contribution in [3.63, 3.8) is 0 Å². The molecule has 3 aromatic rings. The van der Waals surface area contributed by atoms with E-state index >= 15 is 0 Å². The molecule has 0 aliphatic carbocycles. The quantitative estimate of drug-likeness (QED) is 0.350. The van der Waals surface area contributed by atoms with E-state index in [9.17, 15) is 4.79 Å². The van der Waals surface area contributed by atoms with Crippen LogP contribution in [0.3, 0.4) is 0 Å². The van der Waals surface area contributed by atoms with Gasteiger partial charge in [-0.3, -0.25) is 4.99 Å². The predicted molar refractivity (Wildman–Crippen MR) is 113 cm³/mol. The minimum absolute atomic E-state index is 0.329. The molecule has 0 bridgehead atoms. The summed E-state index contributed by atoms with van der Waals surface area (Å²) in [5, 5.41) is 7.90. The molecule has 2 aromatic carbocycles. The number of aryl methyl sites for hydroxylation is 1. The summed E-state index contributed by atoms with van der Waals surface area (Å²) in [4.78, 5) is 19.1. The number of fused-ring (bicyclic) bond motifs is 1. The number of esters is 1. The molecule has 3 N–H and O–H groups in total. The van der Waals surface area contributed by atoms with Crippen molar-refractivity contribution in [1.82, 2.24) is 15.6 Å². The fourth-order valence-corrected chi connectivity index (χ4v) is 3.11. The van der Waals surface area contributed by atoms with E-state index in [0.29, 0.717) is 12.1 Å². The highest BCUT2D eigenvalue weighted by Gasteiger charge is 2.06. The molecule has 0 spiro atoms. The van der Waals surface area contributed by atoms with Gasteiger partial charge in [0.1, 0.15) is 0 Å². The van der Waals surface area contributed by atoms with E-state index in [1.54, 1.807) is 19.2 Å². The number of methoxy groups -OCH3 is 1. The second-order valence-corrected chi connectivity index (χ2v) is 6.65. The van der Waals surface area contributed by atoms with E-state index in [-0.39, 0.29) is 5.97 Å². The number of carbonyl (C=O) groups excluding carboxylic acids is 1. The van der Waals surface area contributed by atoms with Gasteiger partial charge in [0, 0.05) is 37.2 Å². The molecule has 28 heavy (non-hydrogen) atoms. The van der Waals surface area contributed by atoms with Gasteiger partial charge in [0.15, 0.2) is 5.96 Å². The van der Waals surface area contributed by atoms with Crippen molar-refractivity contribution in [2.24, 2.45) is 4.99 Å². The molecule has 1 aromatic heterocycles. The third kappa shape index (κ3) is 4.71. The van der Waals surface area contributed by atoms with E-state index in [1.807, 2.05) is 12.1 Å². The van der Waals surface area contributed by atoms with E-state index in [2.05, 4.69) is 51.9 Å². The summed E-state index contributed by atoms with van der Waals surface area (Å²) in [6.45, 7) is 3.50. The summed E-state index contributed by atoms with van der Waals surface area (Å²) in [6.07, 6.45) is 2.97. The van der Waals surface area contributed by atoms with Crippen LogP contribution >= 0.6 is 0 Å². The molecule has 0 atom stereocenters. The number of aromatic nitrogens is 1. The van der Waals surface area contributed by atoms with Crippen molar-refractivity contribution in [2.75, 3.05) is 20.7 Å². The molecule has 0 amide bonds. The zero-order valence-electron chi connectivity index (χ0n) is 16.5. The number of guanidine groups is 1. The van der Waals surface area contributed by atoms with Crippen LogP contribution in [0.2, 0.25) is 0 Å². The average molecular weight is 378 g/mol. The first-order valence-electron chi connectivity index (χ1n) is 9.29. The van der Waals surface area contributed by atoms with Gasteiger partial charge in [-0.15, -0.1) is 0 Å². The highest BCUT2D eigenvalue weighted by atomic mass is 16.5. The highest BCUT2D eigenvalue weighted by molar-refractivity contribution is 5.89. The summed E-state index contributed by atoms with van der Waals surface area (Å²) in [5.74, 6) is 0.414. The van der Waals surface area contributed by atoms with Crippen molar-refractivity contribution >= 4 is 22.8 Å². The van der Waals surface area contributed by atoms with Crippen LogP contribution in [0.4, 0.5) is 0 Å². The average Bonchev–Trinajstić information content (AvgIpc) is 3.12. The maximum absolute atomic E-state index is 11.5. The Morgan fingerprint density at radius 2 is 1.93 bits per heavy atom. The van der Waals surface area contributed by atoms with Crippen LogP contribution in [-0.4, -0.2) is 37.6 Å². The van der Waals surface area contributed by atoms with Gasteiger partial charge in [-0.25, -0.2) is 4.79 Å². The monoisotopic (exact) mass is 378 g/mol. The Kier molecular flexibility index (Phi) is 6.32. The number of carbonyl (C=O) groups is 1. The molecule has 0 aliphatic rings.